The summed E-state index contributed by atoms with van der Waals surface area (Å²) in [5, 5.41) is 12.9. The topological polar surface area (TPSA) is 58.6 Å². The van der Waals surface area contributed by atoms with Gasteiger partial charge in [-0.3, -0.25) is 4.79 Å². The van der Waals surface area contributed by atoms with Crippen molar-refractivity contribution in [2.45, 2.75) is 32.4 Å². The summed E-state index contributed by atoms with van der Waals surface area (Å²) in [6.07, 6.45) is 0.223. The van der Waals surface area contributed by atoms with E-state index in [1.165, 1.54) is 0 Å². The first kappa shape index (κ1) is 14.7. The lowest BCUT2D eigenvalue weighted by molar-refractivity contribution is 0.1000. The van der Waals surface area contributed by atoms with Crippen LogP contribution in [0, 0.1) is 0 Å². The fourth-order valence-electron chi connectivity index (χ4n) is 1.32. The predicted octanol–water partition coefficient (Wildman–Crippen LogP) is 1.63. The molecule has 0 aliphatic carbocycles. The zero-order valence-electron chi connectivity index (χ0n) is 11.1. The largest absolute Gasteiger partial charge is 0.491 e. The van der Waals surface area contributed by atoms with Crippen LogP contribution < -0.4 is 10.1 Å². The molecule has 0 aliphatic rings. The number of carbonyl (C=O) groups excluding carboxylic acids is 1. The van der Waals surface area contributed by atoms with Crippen LogP contribution in [0.1, 0.15) is 31.1 Å². The molecule has 0 spiro atoms. The average molecular weight is 251 g/mol. The first-order valence-corrected chi connectivity index (χ1v) is 6.02. The number of aliphatic hydroxyl groups excluding tert-OH is 1. The van der Waals surface area contributed by atoms with Crippen LogP contribution in [-0.2, 0) is 0 Å². The van der Waals surface area contributed by atoms with Crippen LogP contribution in [0.3, 0.4) is 0 Å². The van der Waals surface area contributed by atoms with Gasteiger partial charge >= 0.3 is 0 Å². The Kier molecular flexibility index (Phi) is 5.31. The lowest BCUT2D eigenvalue weighted by Crippen LogP contribution is -2.42. The molecule has 0 bridgehead atoms. The molecular formula is C14H21NO3. The Morgan fingerprint density at radius 1 is 1.33 bits per heavy atom. The van der Waals surface area contributed by atoms with E-state index in [4.69, 9.17) is 4.74 Å². The number of β-amino-alcohol motifs (C(OH)–C–C–N with tert-alkyl or cyclic N) is 1. The molecule has 0 radical (unpaired) electrons. The molecule has 1 atom stereocenters. The number of nitrogens with one attached hydrogen (secondary N) is 1. The highest BCUT2D eigenvalue weighted by atomic mass is 16.5. The minimum absolute atomic E-state index is 0.0212. The summed E-state index contributed by atoms with van der Waals surface area (Å²) < 4.78 is 5.43. The summed E-state index contributed by atoms with van der Waals surface area (Å²) in [5.41, 5.74) is 0.587. The summed E-state index contributed by atoms with van der Waals surface area (Å²) >= 11 is 0. The van der Waals surface area contributed by atoms with E-state index in [0.29, 0.717) is 17.9 Å². The first-order valence-electron chi connectivity index (χ1n) is 6.02. The van der Waals surface area contributed by atoms with E-state index in [2.05, 4.69) is 5.32 Å². The molecule has 100 valence electrons. The van der Waals surface area contributed by atoms with Gasteiger partial charge in [-0.25, -0.2) is 0 Å². The monoisotopic (exact) mass is 251 g/mol. The maximum absolute atomic E-state index is 10.5. The van der Waals surface area contributed by atoms with Crippen molar-refractivity contribution in [3.05, 3.63) is 29.8 Å². The lowest BCUT2D eigenvalue weighted by atomic mass is 10.1. The molecule has 0 aromatic heterocycles. The molecule has 1 rings (SSSR count). The predicted molar refractivity (Wildman–Crippen MR) is 71.1 cm³/mol. The Bertz CT molecular complexity index is 368. The van der Waals surface area contributed by atoms with Crippen molar-refractivity contribution in [2.24, 2.45) is 0 Å². The highest BCUT2D eigenvalue weighted by Gasteiger charge is 2.12. The highest BCUT2D eigenvalue weighted by Crippen LogP contribution is 2.11. The second-order valence-electron chi connectivity index (χ2n) is 5.28. The van der Waals surface area contributed by atoms with Gasteiger partial charge in [0.2, 0.25) is 0 Å². The van der Waals surface area contributed by atoms with Crippen molar-refractivity contribution < 1.29 is 14.6 Å². The zero-order valence-corrected chi connectivity index (χ0v) is 11.1. The summed E-state index contributed by atoms with van der Waals surface area (Å²) in [6, 6.07) is 6.80. The molecule has 0 amide bonds. The molecule has 2 N–H and O–H groups in total. The maximum atomic E-state index is 10.5. The van der Waals surface area contributed by atoms with Crippen LogP contribution in [0.4, 0.5) is 0 Å². The van der Waals surface area contributed by atoms with Gasteiger partial charge in [-0.15, -0.1) is 0 Å². The van der Waals surface area contributed by atoms with Gasteiger partial charge in [0.25, 0.3) is 0 Å². The average Bonchev–Trinajstić information content (AvgIpc) is 2.33. The van der Waals surface area contributed by atoms with Gasteiger partial charge in [0.1, 0.15) is 24.7 Å². The van der Waals surface area contributed by atoms with E-state index >= 15 is 0 Å². The summed E-state index contributed by atoms with van der Waals surface area (Å²) in [4.78, 5) is 10.5. The van der Waals surface area contributed by atoms with Crippen molar-refractivity contribution in [3.63, 3.8) is 0 Å². The fraction of sp³-hybridized carbons (Fsp3) is 0.500. The van der Waals surface area contributed by atoms with Crippen molar-refractivity contribution in [1.82, 2.24) is 5.32 Å². The van der Waals surface area contributed by atoms with Crippen LogP contribution in [0.2, 0.25) is 0 Å². The third-order valence-corrected chi connectivity index (χ3v) is 2.33. The lowest BCUT2D eigenvalue weighted by Gasteiger charge is -2.22. The smallest absolute Gasteiger partial charge is 0.150 e. The van der Waals surface area contributed by atoms with Crippen molar-refractivity contribution >= 4 is 6.29 Å². The molecule has 0 aliphatic heterocycles. The Hall–Kier alpha value is -1.39. The Balaban J connectivity index is 2.33. The molecule has 4 nitrogen and oxygen atoms in total. The number of benzene rings is 1. The molecule has 0 saturated heterocycles. The van der Waals surface area contributed by atoms with E-state index in [0.717, 1.165) is 6.29 Å². The number of aldehydes is 1. The van der Waals surface area contributed by atoms with Crippen LogP contribution >= 0.6 is 0 Å². The van der Waals surface area contributed by atoms with Gasteiger partial charge in [0.05, 0.1) is 0 Å². The zero-order chi connectivity index (χ0) is 13.6. The van der Waals surface area contributed by atoms with E-state index in [1.807, 2.05) is 20.8 Å². The molecule has 1 aromatic carbocycles. The first-order chi connectivity index (χ1) is 8.40. The minimum atomic E-state index is -0.560. The molecular weight excluding hydrogens is 230 g/mol. The number of hydrogen-bond donors (Lipinski definition) is 2. The Labute approximate surface area is 108 Å². The van der Waals surface area contributed by atoms with Gasteiger partial charge in [-0.1, -0.05) is 0 Å². The Morgan fingerprint density at radius 3 is 2.44 bits per heavy atom. The number of ether oxygens (including phenoxy) is 1. The number of carbonyl (C=O) groups is 1. The van der Waals surface area contributed by atoms with Gasteiger partial charge in [0.15, 0.2) is 0 Å². The summed E-state index contributed by atoms with van der Waals surface area (Å²) in [7, 11) is 0. The van der Waals surface area contributed by atoms with Crippen LogP contribution in [0.25, 0.3) is 0 Å². The maximum Gasteiger partial charge on any atom is 0.150 e. The van der Waals surface area contributed by atoms with Gasteiger partial charge in [-0.05, 0) is 45.0 Å². The van der Waals surface area contributed by atoms with Crippen molar-refractivity contribution in [3.8, 4) is 5.75 Å². The number of hydrogen-bond acceptors (Lipinski definition) is 4. The second-order valence-corrected chi connectivity index (χ2v) is 5.28. The van der Waals surface area contributed by atoms with Gasteiger partial charge in [0, 0.05) is 17.6 Å². The molecule has 0 saturated carbocycles. The van der Waals surface area contributed by atoms with E-state index in [1.54, 1.807) is 24.3 Å². The SMILES string of the molecule is CC(C)(C)NC[C@H](O)COc1ccc(C=O)cc1. The summed E-state index contributed by atoms with van der Waals surface area (Å²) in [6.45, 7) is 6.83. The van der Waals surface area contributed by atoms with Crippen LogP contribution in [0.5, 0.6) is 5.75 Å². The van der Waals surface area contributed by atoms with Crippen LogP contribution in [0.15, 0.2) is 24.3 Å². The molecule has 0 heterocycles. The molecule has 18 heavy (non-hydrogen) atoms. The van der Waals surface area contributed by atoms with Gasteiger partial charge < -0.3 is 15.2 Å². The molecule has 4 heteroatoms. The third kappa shape index (κ3) is 5.80. The van der Waals surface area contributed by atoms with E-state index in [9.17, 15) is 9.90 Å². The standard InChI is InChI=1S/C14H21NO3/c1-14(2,3)15-8-12(17)10-18-13-6-4-11(9-16)5-7-13/h4-7,9,12,15,17H,8,10H2,1-3H3/t12-/m0/s1. The Morgan fingerprint density at radius 2 is 1.94 bits per heavy atom. The van der Waals surface area contributed by atoms with E-state index in [-0.39, 0.29) is 12.1 Å². The molecule has 0 fully saturated rings. The molecule has 0 unspecified atom stereocenters. The number of rotatable bonds is 6. The second kappa shape index (κ2) is 6.52. The highest BCUT2D eigenvalue weighted by molar-refractivity contribution is 5.74. The third-order valence-electron chi connectivity index (χ3n) is 2.33. The van der Waals surface area contributed by atoms with Gasteiger partial charge in [-0.2, -0.15) is 0 Å². The fourth-order valence-corrected chi connectivity index (χ4v) is 1.32. The summed E-state index contributed by atoms with van der Waals surface area (Å²) in [5.74, 6) is 0.649. The molecule has 1 aromatic rings. The normalized spacial score (nSPS) is 13.1. The quantitative estimate of drug-likeness (QED) is 0.754. The number of aliphatic hydroxyl groups is 1. The van der Waals surface area contributed by atoms with Crippen LogP contribution in [-0.4, -0.2) is 36.2 Å². The van der Waals surface area contributed by atoms with Crippen molar-refractivity contribution in [1.29, 1.82) is 0 Å². The van der Waals surface area contributed by atoms with E-state index < -0.39 is 6.10 Å². The van der Waals surface area contributed by atoms with Crippen molar-refractivity contribution in [2.75, 3.05) is 13.2 Å². The minimum Gasteiger partial charge on any atom is -0.491 e.